The Hall–Kier alpha value is -2.51. The average Bonchev–Trinajstić information content (AvgIpc) is 2.74. The van der Waals surface area contributed by atoms with E-state index in [0.29, 0.717) is 30.8 Å². The minimum atomic E-state index is -0.730. The van der Waals surface area contributed by atoms with Gasteiger partial charge in [0, 0.05) is 24.9 Å². The summed E-state index contributed by atoms with van der Waals surface area (Å²) < 4.78 is 0. The van der Waals surface area contributed by atoms with Gasteiger partial charge in [-0.2, -0.15) is 0 Å². The topological polar surface area (TPSA) is 96.6 Å². The molecule has 0 bridgehead atoms. The Kier molecular flexibility index (Phi) is 4.46. The maximum Gasteiger partial charge on any atom is 0.270 e. The first-order chi connectivity index (χ1) is 11.5. The number of rotatable bonds is 2. The number of hydrogen-bond donors (Lipinski definition) is 1. The summed E-state index contributed by atoms with van der Waals surface area (Å²) in [6, 6.07) is 7.16. The van der Waals surface area contributed by atoms with Crippen molar-refractivity contribution in [3.63, 3.8) is 0 Å². The van der Waals surface area contributed by atoms with E-state index in [9.17, 15) is 20.0 Å². The number of benzene rings is 1. The van der Waals surface area contributed by atoms with Crippen LogP contribution in [0.2, 0.25) is 5.02 Å². The second kappa shape index (κ2) is 6.54. The predicted molar refractivity (Wildman–Crippen MR) is 88.2 cm³/mol. The molecule has 7 nitrogen and oxygen atoms in total. The molecule has 1 amide bonds. The number of pyridine rings is 1. The van der Waals surface area contributed by atoms with Gasteiger partial charge in [0.2, 0.25) is 0 Å². The summed E-state index contributed by atoms with van der Waals surface area (Å²) in [4.78, 5) is 28.8. The number of nitro groups is 1. The monoisotopic (exact) mass is 347 g/mol. The van der Waals surface area contributed by atoms with Crippen LogP contribution in [-0.4, -0.2) is 27.5 Å². The van der Waals surface area contributed by atoms with E-state index in [1.807, 2.05) is 0 Å². The summed E-state index contributed by atoms with van der Waals surface area (Å²) in [5.74, 6) is -0.377. The number of amides is 1. The largest absolute Gasteiger partial charge is 0.387 e. The van der Waals surface area contributed by atoms with Crippen LogP contribution >= 0.6 is 11.6 Å². The van der Waals surface area contributed by atoms with Gasteiger partial charge in [-0.1, -0.05) is 11.6 Å². The molecule has 2 heterocycles. The zero-order chi connectivity index (χ0) is 17.3. The highest BCUT2D eigenvalue weighted by molar-refractivity contribution is 6.34. The lowest BCUT2D eigenvalue weighted by Gasteiger charge is -2.23. The number of non-ortho nitro benzene ring substituents is 1. The Morgan fingerprint density at radius 2 is 2.21 bits per heavy atom. The number of anilines is 1. The van der Waals surface area contributed by atoms with E-state index in [1.54, 1.807) is 18.3 Å². The van der Waals surface area contributed by atoms with Crippen LogP contribution in [0, 0.1) is 10.1 Å². The molecular weight excluding hydrogens is 334 g/mol. The van der Waals surface area contributed by atoms with E-state index in [-0.39, 0.29) is 22.2 Å². The van der Waals surface area contributed by atoms with Gasteiger partial charge in [-0.15, -0.1) is 0 Å². The molecule has 0 radical (unpaired) electrons. The number of carbonyl (C=O) groups is 1. The minimum Gasteiger partial charge on any atom is -0.387 e. The number of aromatic nitrogens is 1. The van der Waals surface area contributed by atoms with Gasteiger partial charge in [0.05, 0.1) is 33.0 Å². The smallest absolute Gasteiger partial charge is 0.270 e. The highest BCUT2D eigenvalue weighted by Crippen LogP contribution is 2.33. The van der Waals surface area contributed by atoms with Crippen molar-refractivity contribution in [2.45, 2.75) is 18.9 Å². The molecule has 0 spiro atoms. The maximum atomic E-state index is 12.9. The Morgan fingerprint density at radius 3 is 2.92 bits per heavy atom. The van der Waals surface area contributed by atoms with Crippen LogP contribution < -0.4 is 4.90 Å². The molecule has 1 aliphatic heterocycles. The van der Waals surface area contributed by atoms with Gasteiger partial charge >= 0.3 is 0 Å². The van der Waals surface area contributed by atoms with Crippen molar-refractivity contribution < 1.29 is 14.8 Å². The summed E-state index contributed by atoms with van der Waals surface area (Å²) in [7, 11) is 0. The first-order valence-electron chi connectivity index (χ1n) is 7.38. The predicted octanol–water partition coefficient (Wildman–Crippen LogP) is 3.12. The SMILES string of the molecule is O=C(c1ccc([N+](=O)[O-])cc1Cl)N1CCCC(O)c2ncccc21. The van der Waals surface area contributed by atoms with Crippen molar-refractivity contribution in [3.8, 4) is 0 Å². The minimum absolute atomic E-state index is 0.0180. The molecule has 1 unspecified atom stereocenters. The zero-order valence-corrected chi connectivity index (χ0v) is 13.3. The van der Waals surface area contributed by atoms with E-state index in [2.05, 4.69) is 4.98 Å². The number of carbonyl (C=O) groups excluding carboxylic acids is 1. The van der Waals surface area contributed by atoms with E-state index in [1.165, 1.54) is 17.0 Å². The zero-order valence-electron chi connectivity index (χ0n) is 12.6. The van der Waals surface area contributed by atoms with E-state index >= 15 is 0 Å². The van der Waals surface area contributed by atoms with Crippen molar-refractivity contribution in [2.24, 2.45) is 0 Å². The molecule has 1 aliphatic rings. The van der Waals surface area contributed by atoms with Crippen molar-refractivity contribution in [3.05, 3.63) is 62.9 Å². The summed E-state index contributed by atoms with van der Waals surface area (Å²) in [5, 5.41) is 21.0. The van der Waals surface area contributed by atoms with E-state index in [0.717, 1.165) is 6.07 Å². The number of aliphatic hydroxyl groups is 1. The number of nitrogens with zero attached hydrogens (tertiary/aromatic N) is 3. The maximum absolute atomic E-state index is 12.9. The molecule has 3 rings (SSSR count). The van der Waals surface area contributed by atoms with Gasteiger partial charge in [0.25, 0.3) is 11.6 Å². The van der Waals surface area contributed by atoms with Crippen LogP contribution in [0.15, 0.2) is 36.5 Å². The summed E-state index contributed by atoms with van der Waals surface area (Å²) in [6.07, 6.45) is 1.94. The summed E-state index contributed by atoms with van der Waals surface area (Å²) >= 11 is 6.07. The molecule has 2 aromatic rings. The van der Waals surface area contributed by atoms with Crippen molar-refractivity contribution in [1.82, 2.24) is 4.98 Å². The second-order valence-electron chi connectivity index (χ2n) is 5.44. The van der Waals surface area contributed by atoms with Crippen LogP contribution in [0.5, 0.6) is 0 Å². The lowest BCUT2D eigenvalue weighted by atomic mass is 10.1. The standard InChI is InChI=1S/C16H14ClN3O4/c17-12-9-10(20(23)24)5-6-11(12)16(22)19-8-2-4-14(21)15-13(19)3-1-7-18-15/h1,3,5-7,9,14,21H,2,4,8H2. The highest BCUT2D eigenvalue weighted by Gasteiger charge is 2.28. The summed E-state index contributed by atoms with van der Waals surface area (Å²) in [6.45, 7) is 0.405. The third-order valence-electron chi connectivity index (χ3n) is 3.92. The average molecular weight is 348 g/mol. The third-order valence-corrected chi connectivity index (χ3v) is 4.23. The van der Waals surface area contributed by atoms with Gasteiger partial charge < -0.3 is 10.0 Å². The number of hydrogen-bond acceptors (Lipinski definition) is 5. The molecule has 1 aromatic carbocycles. The van der Waals surface area contributed by atoms with Crippen LogP contribution in [0.3, 0.4) is 0 Å². The van der Waals surface area contributed by atoms with E-state index < -0.39 is 11.0 Å². The van der Waals surface area contributed by atoms with Gasteiger partial charge in [-0.05, 0) is 31.0 Å². The fourth-order valence-corrected chi connectivity index (χ4v) is 3.00. The van der Waals surface area contributed by atoms with Gasteiger partial charge in [0.1, 0.15) is 0 Å². The quantitative estimate of drug-likeness (QED) is 0.665. The molecule has 1 aromatic heterocycles. The molecule has 0 saturated heterocycles. The third kappa shape index (κ3) is 2.95. The van der Waals surface area contributed by atoms with Crippen molar-refractivity contribution >= 4 is 28.9 Å². The van der Waals surface area contributed by atoms with Crippen LogP contribution in [0.4, 0.5) is 11.4 Å². The number of fused-ring (bicyclic) bond motifs is 1. The Labute approximate surface area is 142 Å². The Morgan fingerprint density at radius 1 is 1.42 bits per heavy atom. The fourth-order valence-electron chi connectivity index (χ4n) is 2.74. The van der Waals surface area contributed by atoms with Crippen LogP contribution in [0.1, 0.15) is 35.0 Å². The van der Waals surface area contributed by atoms with Crippen molar-refractivity contribution in [1.29, 1.82) is 0 Å². The molecule has 124 valence electrons. The molecule has 0 saturated carbocycles. The fraction of sp³-hybridized carbons (Fsp3) is 0.250. The normalized spacial score (nSPS) is 17.1. The van der Waals surface area contributed by atoms with Gasteiger partial charge in [-0.3, -0.25) is 19.9 Å². The molecule has 24 heavy (non-hydrogen) atoms. The first-order valence-corrected chi connectivity index (χ1v) is 7.75. The lowest BCUT2D eigenvalue weighted by Crippen LogP contribution is -2.32. The first kappa shape index (κ1) is 16.4. The van der Waals surface area contributed by atoms with Gasteiger partial charge in [0.15, 0.2) is 0 Å². The summed E-state index contributed by atoms with van der Waals surface area (Å²) in [5.41, 5.74) is 0.974. The van der Waals surface area contributed by atoms with E-state index in [4.69, 9.17) is 11.6 Å². The van der Waals surface area contributed by atoms with Crippen molar-refractivity contribution in [2.75, 3.05) is 11.4 Å². The number of nitro benzene ring substituents is 1. The molecule has 1 N–H and O–H groups in total. The lowest BCUT2D eigenvalue weighted by molar-refractivity contribution is -0.384. The molecular formula is C16H14ClN3O4. The second-order valence-corrected chi connectivity index (χ2v) is 5.85. The molecule has 0 fully saturated rings. The molecule has 1 atom stereocenters. The Balaban J connectivity index is 2.01. The highest BCUT2D eigenvalue weighted by atomic mass is 35.5. The van der Waals surface area contributed by atoms with Crippen LogP contribution in [-0.2, 0) is 0 Å². The van der Waals surface area contributed by atoms with Gasteiger partial charge in [-0.25, -0.2) is 0 Å². The molecule has 8 heteroatoms. The number of aliphatic hydroxyl groups excluding tert-OH is 1. The Bertz CT molecular complexity index is 812. The van der Waals surface area contributed by atoms with Crippen LogP contribution in [0.25, 0.3) is 0 Å². The number of halogens is 1. The molecule has 0 aliphatic carbocycles.